The second-order valence-electron chi connectivity index (χ2n) is 9.65. The van der Waals surface area contributed by atoms with Gasteiger partial charge in [-0.2, -0.15) is 13.2 Å². The lowest BCUT2D eigenvalue weighted by Gasteiger charge is -2.24. The summed E-state index contributed by atoms with van der Waals surface area (Å²) in [4.78, 5) is 32.4. The van der Waals surface area contributed by atoms with Gasteiger partial charge >= 0.3 is 6.18 Å². The molecule has 0 bridgehead atoms. The topological polar surface area (TPSA) is 87.5 Å². The molecule has 0 spiro atoms. The van der Waals surface area contributed by atoms with Gasteiger partial charge in [-0.25, -0.2) is 13.8 Å². The van der Waals surface area contributed by atoms with E-state index in [0.717, 1.165) is 16.8 Å². The molecule has 3 aromatic rings. The third kappa shape index (κ3) is 5.19. The maximum atomic E-state index is 15.0. The fourth-order valence-electron chi connectivity index (χ4n) is 4.74. The SMILES string of the molecule is CC[C@H](NC(=O)c1cn(-c2c(F)cc(F)cc2Cl)c2nc(N3C[C@@](C)(O)C[C@H]3C)ccc2c1=O)C(F)(F)F. The zero-order chi connectivity index (χ0) is 28.2. The van der Waals surface area contributed by atoms with Crippen LogP contribution in [0.1, 0.15) is 44.0 Å². The number of anilines is 1. The van der Waals surface area contributed by atoms with Crippen molar-refractivity contribution < 1.29 is 31.9 Å². The number of hydrogen-bond donors (Lipinski definition) is 2. The molecule has 2 N–H and O–H groups in total. The Kier molecular flexibility index (Phi) is 7.17. The normalized spacial score (nSPS) is 20.7. The second-order valence-corrected chi connectivity index (χ2v) is 10.1. The Morgan fingerprint density at radius 1 is 1.32 bits per heavy atom. The summed E-state index contributed by atoms with van der Waals surface area (Å²) in [6.45, 7) is 4.94. The Morgan fingerprint density at radius 2 is 2.00 bits per heavy atom. The molecule has 0 saturated carbocycles. The molecule has 1 saturated heterocycles. The van der Waals surface area contributed by atoms with Crippen molar-refractivity contribution in [3.05, 3.63) is 62.9 Å². The smallest absolute Gasteiger partial charge is 0.388 e. The lowest BCUT2D eigenvalue weighted by atomic mass is 10.0. The first-order chi connectivity index (χ1) is 17.6. The van der Waals surface area contributed by atoms with Crippen molar-refractivity contribution in [2.24, 2.45) is 0 Å². The molecule has 1 aliphatic heterocycles. The number of nitrogens with zero attached hydrogens (tertiary/aromatic N) is 3. The summed E-state index contributed by atoms with van der Waals surface area (Å²) < 4.78 is 69.6. The standard InChI is InChI=1S/C25H24ClF5N4O3/c1-4-18(25(29,30)31)32-23(37)15-10-34(20-16(26)7-13(27)8-17(20)28)22-14(21(15)36)5-6-19(33-22)35-11-24(3,38)9-12(35)2/h5-8,10,12,18,38H,4,9,11H2,1-3H3,(H,32,37)/t12-,18+,24+/m1/s1. The van der Waals surface area contributed by atoms with Gasteiger partial charge in [-0.3, -0.25) is 14.2 Å². The molecule has 4 rings (SSSR count). The molecular formula is C25H24ClF5N4O3. The van der Waals surface area contributed by atoms with Crippen molar-refractivity contribution in [3.8, 4) is 5.69 Å². The van der Waals surface area contributed by atoms with Gasteiger partial charge in [0.25, 0.3) is 5.91 Å². The number of halogens is 6. The molecular weight excluding hydrogens is 535 g/mol. The van der Waals surface area contributed by atoms with Gasteiger partial charge in [-0.1, -0.05) is 18.5 Å². The minimum absolute atomic E-state index is 0.153. The molecule has 1 fully saturated rings. The highest BCUT2D eigenvalue weighted by atomic mass is 35.5. The van der Waals surface area contributed by atoms with E-state index in [-0.39, 0.29) is 23.6 Å². The second kappa shape index (κ2) is 9.81. The van der Waals surface area contributed by atoms with Crippen molar-refractivity contribution in [1.82, 2.24) is 14.9 Å². The summed E-state index contributed by atoms with van der Waals surface area (Å²) >= 11 is 6.14. The van der Waals surface area contributed by atoms with Crippen LogP contribution in [0.15, 0.2) is 35.3 Å². The minimum atomic E-state index is -4.77. The first kappa shape index (κ1) is 27.8. The molecule has 3 atom stereocenters. The Bertz CT molecular complexity index is 1450. The molecule has 0 radical (unpaired) electrons. The number of β-amino-alcohol motifs (C(OH)–C–C–N with tert-alkyl or cyclic N) is 1. The summed E-state index contributed by atoms with van der Waals surface area (Å²) in [5.41, 5.74) is -3.30. The summed E-state index contributed by atoms with van der Waals surface area (Å²) in [7, 11) is 0. The lowest BCUT2D eigenvalue weighted by Crippen LogP contribution is -2.46. The van der Waals surface area contributed by atoms with Gasteiger partial charge in [0, 0.05) is 24.8 Å². The van der Waals surface area contributed by atoms with Gasteiger partial charge in [0.1, 0.15) is 28.9 Å². The van der Waals surface area contributed by atoms with Crippen LogP contribution in [-0.2, 0) is 0 Å². The van der Waals surface area contributed by atoms with Crippen molar-refractivity contribution in [3.63, 3.8) is 0 Å². The van der Waals surface area contributed by atoms with E-state index in [1.54, 1.807) is 17.1 Å². The molecule has 1 aliphatic rings. The molecule has 13 heteroatoms. The van der Waals surface area contributed by atoms with E-state index < -0.39 is 63.5 Å². The number of carbonyl (C=O) groups is 1. The lowest BCUT2D eigenvalue weighted by molar-refractivity contribution is -0.153. The van der Waals surface area contributed by atoms with Gasteiger partial charge in [0.05, 0.1) is 16.0 Å². The first-order valence-electron chi connectivity index (χ1n) is 11.7. The number of aliphatic hydroxyl groups is 1. The number of fused-ring (bicyclic) bond motifs is 1. The van der Waals surface area contributed by atoms with E-state index >= 15 is 4.39 Å². The van der Waals surface area contributed by atoms with Crippen LogP contribution in [0.5, 0.6) is 0 Å². The van der Waals surface area contributed by atoms with Gasteiger partial charge in [0.15, 0.2) is 11.5 Å². The van der Waals surface area contributed by atoms with Crippen molar-refractivity contribution in [1.29, 1.82) is 0 Å². The summed E-state index contributed by atoms with van der Waals surface area (Å²) in [6, 6.07) is 1.73. The summed E-state index contributed by atoms with van der Waals surface area (Å²) in [5.74, 6) is -3.16. The van der Waals surface area contributed by atoms with Gasteiger partial charge < -0.3 is 15.3 Å². The predicted octanol–water partition coefficient (Wildman–Crippen LogP) is 4.74. The van der Waals surface area contributed by atoms with Crippen LogP contribution < -0.4 is 15.6 Å². The predicted molar refractivity (Wildman–Crippen MR) is 132 cm³/mol. The molecule has 7 nitrogen and oxygen atoms in total. The fraction of sp³-hybridized carbons (Fsp3) is 0.400. The van der Waals surface area contributed by atoms with Crippen LogP contribution in [0.25, 0.3) is 16.7 Å². The molecule has 3 heterocycles. The van der Waals surface area contributed by atoms with Gasteiger partial charge in [0.2, 0.25) is 5.43 Å². The number of benzene rings is 1. The van der Waals surface area contributed by atoms with Crippen LogP contribution in [0.2, 0.25) is 5.02 Å². The van der Waals surface area contributed by atoms with E-state index in [2.05, 4.69) is 4.98 Å². The number of hydrogen-bond acceptors (Lipinski definition) is 5. The van der Waals surface area contributed by atoms with Gasteiger partial charge in [-0.15, -0.1) is 0 Å². The highest BCUT2D eigenvalue weighted by Gasteiger charge is 2.40. The van der Waals surface area contributed by atoms with Crippen molar-refractivity contribution >= 4 is 34.4 Å². The zero-order valence-corrected chi connectivity index (χ0v) is 21.3. The highest BCUT2D eigenvalue weighted by Crippen LogP contribution is 2.33. The minimum Gasteiger partial charge on any atom is -0.388 e. The van der Waals surface area contributed by atoms with Crippen LogP contribution in [0, 0.1) is 11.6 Å². The summed E-state index contributed by atoms with van der Waals surface area (Å²) in [5, 5.41) is 11.6. The summed E-state index contributed by atoms with van der Waals surface area (Å²) in [6.07, 6.45) is -3.99. The molecule has 1 amide bonds. The Balaban J connectivity index is 1.96. The molecule has 0 aliphatic carbocycles. The van der Waals surface area contributed by atoms with Crippen LogP contribution in [0.3, 0.4) is 0 Å². The van der Waals surface area contributed by atoms with E-state index in [1.807, 2.05) is 6.92 Å². The third-order valence-electron chi connectivity index (χ3n) is 6.48. The van der Waals surface area contributed by atoms with E-state index in [0.29, 0.717) is 18.3 Å². The fourth-order valence-corrected chi connectivity index (χ4v) is 5.03. The van der Waals surface area contributed by atoms with E-state index in [4.69, 9.17) is 11.6 Å². The molecule has 38 heavy (non-hydrogen) atoms. The van der Waals surface area contributed by atoms with Crippen molar-refractivity contribution in [2.45, 2.75) is 57.5 Å². The van der Waals surface area contributed by atoms with Crippen LogP contribution in [0.4, 0.5) is 27.8 Å². The number of aromatic nitrogens is 2. The molecule has 204 valence electrons. The maximum absolute atomic E-state index is 15.0. The number of nitrogens with one attached hydrogen (secondary N) is 1. The Hall–Kier alpha value is -3.25. The van der Waals surface area contributed by atoms with E-state index in [9.17, 15) is 32.3 Å². The monoisotopic (exact) mass is 558 g/mol. The first-order valence-corrected chi connectivity index (χ1v) is 12.1. The number of alkyl halides is 3. The number of rotatable bonds is 5. The molecule has 0 unspecified atom stereocenters. The third-order valence-corrected chi connectivity index (χ3v) is 6.77. The van der Waals surface area contributed by atoms with E-state index in [1.165, 1.54) is 19.1 Å². The van der Waals surface area contributed by atoms with Crippen LogP contribution >= 0.6 is 11.6 Å². The van der Waals surface area contributed by atoms with Crippen LogP contribution in [-0.4, -0.2) is 51.0 Å². The highest BCUT2D eigenvalue weighted by molar-refractivity contribution is 6.32. The van der Waals surface area contributed by atoms with Crippen molar-refractivity contribution in [2.75, 3.05) is 11.4 Å². The molecule has 2 aromatic heterocycles. The quantitative estimate of drug-likeness (QED) is 0.442. The Labute approximate surface area is 218 Å². The number of amides is 1. The Morgan fingerprint density at radius 3 is 2.55 bits per heavy atom. The maximum Gasteiger partial charge on any atom is 0.408 e. The average Bonchev–Trinajstić information content (AvgIpc) is 3.09. The number of pyridine rings is 2. The average molecular weight is 559 g/mol. The largest absolute Gasteiger partial charge is 0.408 e. The van der Waals surface area contributed by atoms with Gasteiger partial charge in [-0.05, 0) is 44.9 Å². The zero-order valence-electron chi connectivity index (χ0n) is 20.5. The molecule has 1 aromatic carbocycles. The number of carbonyl (C=O) groups excluding carboxylic acids is 1.